The number of hydrogen-bond acceptors (Lipinski definition) is 9. The summed E-state index contributed by atoms with van der Waals surface area (Å²) >= 11 is 0. The molecule has 0 atom stereocenters. The highest BCUT2D eigenvalue weighted by atomic mass is 32.2. The zero-order valence-electron chi connectivity index (χ0n) is 18.8. The number of sulfonamides is 1. The van der Waals surface area contributed by atoms with Crippen LogP contribution in [0, 0.1) is 6.92 Å². The van der Waals surface area contributed by atoms with E-state index in [9.17, 15) is 8.42 Å². The molecule has 3 aromatic heterocycles. The molecule has 0 unspecified atom stereocenters. The van der Waals surface area contributed by atoms with Gasteiger partial charge in [-0.2, -0.15) is 10.1 Å². The highest BCUT2D eigenvalue weighted by Gasteiger charge is 2.15. The van der Waals surface area contributed by atoms with Crippen LogP contribution in [0.5, 0.6) is 0 Å². The van der Waals surface area contributed by atoms with E-state index in [0.717, 1.165) is 22.3 Å². The van der Waals surface area contributed by atoms with Crippen molar-refractivity contribution >= 4 is 50.0 Å². The third kappa shape index (κ3) is 4.87. The van der Waals surface area contributed by atoms with Crippen molar-refractivity contribution in [1.29, 1.82) is 0 Å². The maximum absolute atomic E-state index is 12.5. The molecule has 5 aromatic rings. The van der Waals surface area contributed by atoms with E-state index >= 15 is 0 Å². The summed E-state index contributed by atoms with van der Waals surface area (Å²) < 4.78 is 29.3. The molecule has 35 heavy (non-hydrogen) atoms. The fraction of sp³-hybridized carbons (Fsp3) is 0.0870. The van der Waals surface area contributed by atoms with Crippen molar-refractivity contribution in [3.63, 3.8) is 0 Å². The minimum atomic E-state index is -3.81. The number of fused-ring (bicyclic) bond motifs is 1. The van der Waals surface area contributed by atoms with Crippen LogP contribution >= 0.6 is 0 Å². The SMILES string of the molecule is Cc1c2ccc(Nc3ccnc(Nc4ccc(S(=O)(=O)Nc5ncccn5)cc4)n3)cc2nn1C. The molecule has 3 N–H and O–H groups in total. The summed E-state index contributed by atoms with van der Waals surface area (Å²) in [7, 11) is -1.89. The molecular weight excluding hydrogens is 466 g/mol. The summed E-state index contributed by atoms with van der Waals surface area (Å²) in [6, 6.07) is 15.5. The number of aryl methyl sites for hydroxylation is 2. The van der Waals surface area contributed by atoms with E-state index in [4.69, 9.17) is 0 Å². The van der Waals surface area contributed by atoms with E-state index in [1.54, 1.807) is 30.5 Å². The van der Waals surface area contributed by atoms with Crippen LogP contribution in [0.2, 0.25) is 0 Å². The Morgan fingerprint density at radius 1 is 0.829 bits per heavy atom. The monoisotopic (exact) mass is 487 g/mol. The molecule has 12 heteroatoms. The third-order valence-corrected chi connectivity index (χ3v) is 6.61. The number of hydrogen-bond donors (Lipinski definition) is 3. The molecule has 0 aliphatic rings. The second kappa shape index (κ2) is 8.99. The fourth-order valence-electron chi connectivity index (χ4n) is 3.42. The molecule has 5 rings (SSSR count). The largest absolute Gasteiger partial charge is 0.340 e. The van der Waals surface area contributed by atoms with Gasteiger partial charge in [-0.25, -0.2) is 28.1 Å². The Bertz CT molecular complexity index is 1600. The van der Waals surface area contributed by atoms with Crippen LogP contribution in [0.4, 0.5) is 29.1 Å². The summed E-state index contributed by atoms with van der Waals surface area (Å²) in [6.45, 7) is 2.03. The van der Waals surface area contributed by atoms with Crippen molar-refractivity contribution in [2.45, 2.75) is 11.8 Å². The van der Waals surface area contributed by atoms with E-state index in [1.165, 1.54) is 24.5 Å². The topological polar surface area (TPSA) is 140 Å². The number of anilines is 5. The van der Waals surface area contributed by atoms with Gasteiger partial charge in [0.15, 0.2) is 0 Å². The quantitative estimate of drug-likeness (QED) is 0.313. The van der Waals surface area contributed by atoms with Gasteiger partial charge in [0.05, 0.1) is 10.4 Å². The van der Waals surface area contributed by atoms with E-state index in [-0.39, 0.29) is 10.8 Å². The first kappa shape index (κ1) is 22.2. The Morgan fingerprint density at radius 2 is 1.54 bits per heavy atom. The van der Waals surface area contributed by atoms with Gasteiger partial charge in [-0.3, -0.25) is 4.68 Å². The molecule has 0 aliphatic heterocycles. The zero-order valence-corrected chi connectivity index (χ0v) is 19.7. The number of rotatable bonds is 7. The predicted molar refractivity (Wildman–Crippen MR) is 133 cm³/mol. The Hall–Kier alpha value is -4.58. The van der Waals surface area contributed by atoms with Crippen LogP contribution in [-0.4, -0.2) is 38.1 Å². The van der Waals surface area contributed by atoms with Crippen molar-refractivity contribution in [3.8, 4) is 0 Å². The fourth-order valence-corrected chi connectivity index (χ4v) is 4.38. The van der Waals surface area contributed by atoms with Gasteiger partial charge in [-0.15, -0.1) is 0 Å². The molecule has 0 amide bonds. The Kier molecular flexibility index (Phi) is 5.71. The van der Waals surface area contributed by atoms with E-state index in [2.05, 4.69) is 40.4 Å². The summed E-state index contributed by atoms with van der Waals surface area (Å²) in [6.07, 6.45) is 4.54. The number of nitrogens with zero attached hydrogens (tertiary/aromatic N) is 6. The maximum Gasteiger partial charge on any atom is 0.264 e. The Morgan fingerprint density at radius 3 is 2.31 bits per heavy atom. The average molecular weight is 488 g/mol. The predicted octanol–water partition coefficient (Wildman–Crippen LogP) is 3.75. The molecule has 2 aromatic carbocycles. The highest BCUT2D eigenvalue weighted by molar-refractivity contribution is 7.92. The van der Waals surface area contributed by atoms with Crippen molar-refractivity contribution in [2.24, 2.45) is 7.05 Å². The van der Waals surface area contributed by atoms with Crippen LogP contribution in [0.15, 0.2) is 78.1 Å². The van der Waals surface area contributed by atoms with Crippen LogP contribution in [0.3, 0.4) is 0 Å². The van der Waals surface area contributed by atoms with Gasteiger partial charge >= 0.3 is 0 Å². The minimum absolute atomic E-state index is 0.00439. The summed E-state index contributed by atoms with van der Waals surface area (Å²) in [4.78, 5) is 16.6. The second-order valence-corrected chi connectivity index (χ2v) is 9.34. The van der Waals surface area contributed by atoms with Gasteiger partial charge in [-0.1, -0.05) is 0 Å². The number of nitrogens with one attached hydrogen (secondary N) is 3. The first-order chi connectivity index (χ1) is 16.9. The van der Waals surface area contributed by atoms with Crippen molar-refractivity contribution in [1.82, 2.24) is 29.7 Å². The second-order valence-electron chi connectivity index (χ2n) is 7.66. The Labute approximate surface area is 201 Å². The first-order valence-electron chi connectivity index (χ1n) is 10.6. The Balaban J connectivity index is 1.29. The molecule has 176 valence electrons. The minimum Gasteiger partial charge on any atom is -0.340 e. The summed E-state index contributed by atoms with van der Waals surface area (Å²) in [5, 5.41) is 12.0. The van der Waals surface area contributed by atoms with E-state index in [0.29, 0.717) is 17.5 Å². The molecule has 0 saturated heterocycles. The lowest BCUT2D eigenvalue weighted by molar-refractivity contribution is 0.601. The van der Waals surface area contributed by atoms with Crippen molar-refractivity contribution < 1.29 is 8.42 Å². The van der Waals surface area contributed by atoms with Crippen LogP contribution in [0.1, 0.15) is 5.69 Å². The van der Waals surface area contributed by atoms with Gasteiger partial charge < -0.3 is 10.6 Å². The van der Waals surface area contributed by atoms with Gasteiger partial charge in [-0.05, 0) is 61.5 Å². The lowest BCUT2D eigenvalue weighted by Gasteiger charge is -2.10. The molecule has 11 nitrogen and oxygen atoms in total. The van der Waals surface area contributed by atoms with E-state index in [1.807, 2.05) is 36.9 Å². The molecular formula is C23H21N9O2S. The average Bonchev–Trinajstić information content (AvgIpc) is 3.13. The van der Waals surface area contributed by atoms with Gasteiger partial charge in [0.2, 0.25) is 11.9 Å². The summed E-state index contributed by atoms with van der Waals surface area (Å²) in [5.74, 6) is 0.960. The molecule has 0 fully saturated rings. The lowest BCUT2D eigenvalue weighted by atomic mass is 10.2. The lowest BCUT2D eigenvalue weighted by Crippen LogP contribution is -2.14. The normalized spacial score (nSPS) is 11.4. The zero-order chi connectivity index (χ0) is 24.4. The highest BCUT2D eigenvalue weighted by Crippen LogP contribution is 2.24. The molecule has 0 spiro atoms. The smallest absolute Gasteiger partial charge is 0.264 e. The first-order valence-corrected chi connectivity index (χ1v) is 12.1. The molecule has 0 aliphatic carbocycles. The van der Waals surface area contributed by atoms with E-state index < -0.39 is 10.0 Å². The molecule has 0 bridgehead atoms. The number of aromatic nitrogens is 6. The van der Waals surface area contributed by atoms with Gasteiger partial charge in [0, 0.05) is 48.1 Å². The molecule has 0 radical (unpaired) electrons. The number of benzene rings is 2. The molecule has 0 saturated carbocycles. The van der Waals surface area contributed by atoms with Gasteiger partial charge in [0.1, 0.15) is 5.82 Å². The summed E-state index contributed by atoms with van der Waals surface area (Å²) in [5.41, 5.74) is 3.47. The van der Waals surface area contributed by atoms with Crippen LogP contribution in [-0.2, 0) is 17.1 Å². The maximum atomic E-state index is 12.5. The van der Waals surface area contributed by atoms with Crippen LogP contribution in [0.25, 0.3) is 10.9 Å². The third-order valence-electron chi connectivity index (χ3n) is 5.27. The van der Waals surface area contributed by atoms with Crippen molar-refractivity contribution in [2.75, 3.05) is 15.4 Å². The molecule has 3 heterocycles. The van der Waals surface area contributed by atoms with Crippen molar-refractivity contribution in [3.05, 3.63) is 78.9 Å². The standard InChI is InChI=1S/C23H21N9O2S/c1-15-19-9-6-17(14-20(19)30-32(15)2)27-21-10-13-26-23(29-21)28-16-4-7-18(8-5-16)35(33,34)31-22-24-11-3-12-25-22/h3-14H,1-2H3,(H,24,25,31)(H2,26,27,28,29). The van der Waals surface area contributed by atoms with Gasteiger partial charge in [0.25, 0.3) is 10.0 Å². The van der Waals surface area contributed by atoms with Crippen LogP contribution < -0.4 is 15.4 Å².